The Bertz CT molecular complexity index is 213. The maximum atomic E-state index is 4.42. The highest BCUT2D eigenvalue weighted by Crippen LogP contribution is 2.19. The quantitative estimate of drug-likeness (QED) is 0.598. The monoisotopic (exact) mass is 170 g/mol. The van der Waals surface area contributed by atoms with E-state index in [0.717, 1.165) is 14.6 Å². The van der Waals surface area contributed by atoms with Crippen molar-refractivity contribution in [3.05, 3.63) is 16.9 Å². The van der Waals surface area contributed by atoms with Crippen LogP contribution >= 0.6 is 17.4 Å². The molecule has 0 saturated heterocycles. The Kier molecular flexibility index (Phi) is 2.96. The molecule has 1 rings (SSSR count). The molecule has 2 heteroatoms. The van der Waals surface area contributed by atoms with Crippen molar-refractivity contribution in [1.29, 1.82) is 0 Å². The average Bonchev–Trinajstić information content (AvgIpc) is 2.30. The van der Waals surface area contributed by atoms with E-state index in [4.69, 9.17) is 0 Å². The van der Waals surface area contributed by atoms with Crippen LogP contribution in [0.2, 0.25) is 0 Å². The molecule has 0 fully saturated rings. The molecule has 10 heavy (non-hydrogen) atoms. The lowest BCUT2D eigenvalue weighted by molar-refractivity contribution is 1.06. The van der Waals surface area contributed by atoms with Crippen LogP contribution in [-0.4, -0.2) is 0 Å². The fourth-order valence-corrected chi connectivity index (χ4v) is 2.89. The summed E-state index contributed by atoms with van der Waals surface area (Å²) in [6, 6.07) is 0. The van der Waals surface area contributed by atoms with Gasteiger partial charge in [-0.2, -0.15) is 0 Å². The Labute approximate surface area is 66.7 Å². The summed E-state index contributed by atoms with van der Waals surface area (Å²) < 4.78 is 0. The van der Waals surface area contributed by atoms with E-state index in [0.29, 0.717) is 0 Å². The molecule has 0 spiro atoms. The second-order valence-corrected chi connectivity index (χ2v) is 4.29. The van der Waals surface area contributed by atoms with E-state index in [1.54, 1.807) is 0 Å². The first-order valence-electron chi connectivity index (χ1n) is 3.67. The third-order valence-electron chi connectivity index (χ3n) is 1.79. The van der Waals surface area contributed by atoms with Crippen LogP contribution in [0.4, 0.5) is 0 Å². The molecule has 0 aliphatic carbocycles. The van der Waals surface area contributed by atoms with Gasteiger partial charge in [-0.3, -0.25) is 0 Å². The number of hydrogen-bond acceptors (Lipinski definition) is 0. The summed E-state index contributed by atoms with van der Waals surface area (Å²) >= 11 is 0. The summed E-state index contributed by atoms with van der Waals surface area (Å²) in [5.41, 5.74) is 3.01. The minimum absolute atomic E-state index is 0.838. The highest BCUT2D eigenvalue weighted by molar-refractivity contribution is 7.51. The number of hydrogen-bond donors (Lipinski definition) is 0. The van der Waals surface area contributed by atoms with Crippen LogP contribution in [0.25, 0.3) is 0 Å². The molecule has 0 aromatic carbocycles. The molecular formula is C8H12P2. The zero-order valence-electron chi connectivity index (χ0n) is 6.44. The molecule has 0 aliphatic heterocycles. The van der Waals surface area contributed by atoms with E-state index in [2.05, 4.69) is 28.9 Å². The van der Waals surface area contributed by atoms with Crippen molar-refractivity contribution in [2.75, 3.05) is 0 Å². The molecule has 54 valence electrons. The first kappa shape index (κ1) is 8.31. The minimum Gasteiger partial charge on any atom is -0.130 e. The van der Waals surface area contributed by atoms with E-state index >= 15 is 0 Å². The molecule has 0 amide bonds. The van der Waals surface area contributed by atoms with Gasteiger partial charge >= 0.3 is 0 Å². The molecule has 2 radical (unpaired) electrons. The lowest BCUT2D eigenvalue weighted by Crippen LogP contribution is -1.94. The summed E-state index contributed by atoms with van der Waals surface area (Å²) in [7, 11) is 5.26. The molecule has 1 unspecified atom stereocenters. The van der Waals surface area contributed by atoms with E-state index in [-0.39, 0.29) is 0 Å². The lowest BCUT2D eigenvalue weighted by atomic mass is 10.1. The molecule has 0 N–H and O–H groups in total. The molecule has 1 aromatic rings. The van der Waals surface area contributed by atoms with Gasteiger partial charge in [-0.1, -0.05) is 13.8 Å². The summed E-state index contributed by atoms with van der Waals surface area (Å²) in [4.78, 5) is 0. The van der Waals surface area contributed by atoms with E-state index in [9.17, 15) is 0 Å². The standard InChI is InChI=1S/C8H12P2/c1-3-6-5-10-8(9)7(6)4-2/h5,10H,3-4H2,1-2H3. The minimum atomic E-state index is 0.838. The zero-order chi connectivity index (χ0) is 7.56. The van der Waals surface area contributed by atoms with Crippen LogP contribution in [0.15, 0.2) is 5.80 Å². The number of aryl methyl sites for hydroxylation is 1. The van der Waals surface area contributed by atoms with Gasteiger partial charge in [0.25, 0.3) is 0 Å². The Morgan fingerprint density at radius 2 is 2.10 bits per heavy atom. The summed E-state index contributed by atoms with van der Waals surface area (Å²) in [6.45, 7) is 4.41. The Hall–Kier alpha value is 0.210. The Morgan fingerprint density at radius 1 is 1.40 bits per heavy atom. The van der Waals surface area contributed by atoms with Crippen LogP contribution in [0.3, 0.4) is 0 Å². The highest BCUT2D eigenvalue weighted by atomic mass is 31.1. The van der Waals surface area contributed by atoms with Gasteiger partial charge in [0, 0.05) is 5.04 Å². The van der Waals surface area contributed by atoms with Gasteiger partial charge in [-0.25, -0.2) is 0 Å². The van der Waals surface area contributed by atoms with Gasteiger partial charge < -0.3 is 0 Å². The fourth-order valence-electron chi connectivity index (χ4n) is 1.19. The van der Waals surface area contributed by atoms with Gasteiger partial charge in [0.2, 0.25) is 0 Å². The van der Waals surface area contributed by atoms with E-state index in [1.807, 2.05) is 0 Å². The van der Waals surface area contributed by atoms with Crippen LogP contribution in [0, 0.1) is 0 Å². The van der Waals surface area contributed by atoms with Crippen molar-refractivity contribution in [1.82, 2.24) is 0 Å². The molecule has 0 aliphatic rings. The zero-order valence-corrected chi connectivity index (χ0v) is 8.33. The number of rotatable bonds is 2. The molecule has 0 nitrogen and oxygen atoms in total. The largest absolute Gasteiger partial charge is 0.130 e. The van der Waals surface area contributed by atoms with Crippen molar-refractivity contribution in [2.24, 2.45) is 0 Å². The maximum Gasteiger partial charge on any atom is 0.00576 e. The molecule has 1 aromatic heterocycles. The van der Waals surface area contributed by atoms with E-state index < -0.39 is 0 Å². The predicted octanol–water partition coefficient (Wildman–Crippen LogP) is 2.88. The smallest absolute Gasteiger partial charge is 0.00576 e. The molecule has 1 atom stereocenters. The van der Waals surface area contributed by atoms with Gasteiger partial charge in [-0.05, 0) is 39.0 Å². The summed E-state index contributed by atoms with van der Waals surface area (Å²) in [6.07, 6.45) is 2.31. The van der Waals surface area contributed by atoms with Gasteiger partial charge in [0.05, 0.1) is 0 Å². The van der Waals surface area contributed by atoms with Crippen LogP contribution in [-0.2, 0) is 12.8 Å². The van der Waals surface area contributed by atoms with E-state index in [1.165, 1.54) is 22.6 Å². The molecule has 1 heterocycles. The first-order valence-corrected chi connectivity index (χ1v) is 5.20. The molecular weight excluding hydrogens is 158 g/mol. The van der Waals surface area contributed by atoms with Gasteiger partial charge in [0.15, 0.2) is 0 Å². The van der Waals surface area contributed by atoms with Crippen LogP contribution in [0.5, 0.6) is 0 Å². The lowest BCUT2D eigenvalue weighted by Gasteiger charge is -1.97. The topological polar surface area (TPSA) is 0 Å². The first-order chi connectivity index (χ1) is 4.79. The van der Waals surface area contributed by atoms with Crippen molar-refractivity contribution < 1.29 is 0 Å². The molecule has 0 bridgehead atoms. The predicted molar refractivity (Wildman–Crippen MR) is 51.3 cm³/mol. The van der Waals surface area contributed by atoms with Crippen molar-refractivity contribution in [3.8, 4) is 0 Å². The highest BCUT2D eigenvalue weighted by Gasteiger charge is 2.02. The third kappa shape index (κ3) is 1.44. The van der Waals surface area contributed by atoms with Crippen molar-refractivity contribution in [3.63, 3.8) is 0 Å². The maximum absolute atomic E-state index is 4.42. The summed E-state index contributed by atoms with van der Waals surface area (Å²) in [5.74, 6) is 2.32. The van der Waals surface area contributed by atoms with Gasteiger partial charge in [-0.15, -0.1) is 8.19 Å². The van der Waals surface area contributed by atoms with Crippen molar-refractivity contribution >= 4 is 22.5 Å². The van der Waals surface area contributed by atoms with Crippen LogP contribution < -0.4 is 5.04 Å². The third-order valence-corrected chi connectivity index (χ3v) is 3.52. The normalized spacial score (nSPS) is 11.1. The Balaban J connectivity index is 3.01. The SMILES string of the molecule is CCc1c[pH]c([P])c1CC. The van der Waals surface area contributed by atoms with Gasteiger partial charge in [0.1, 0.15) is 0 Å². The van der Waals surface area contributed by atoms with Crippen molar-refractivity contribution in [2.45, 2.75) is 26.7 Å². The second kappa shape index (κ2) is 3.56. The average molecular weight is 170 g/mol. The summed E-state index contributed by atoms with van der Waals surface area (Å²) in [5, 5.41) is 1.30. The fraction of sp³-hybridized carbons (Fsp3) is 0.500. The van der Waals surface area contributed by atoms with Crippen LogP contribution in [0.1, 0.15) is 25.0 Å². The molecule has 0 saturated carbocycles. The second-order valence-electron chi connectivity index (χ2n) is 2.35. The Morgan fingerprint density at radius 3 is 2.50 bits per heavy atom.